The van der Waals surface area contributed by atoms with E-state index in [0.29, 0.717) is 12.1 Å². The second kappa shape index (κ2) is 11.1. The van der Waals surface area contributed by atoms with Crippen LogP contribution >= 0.6 is 11.3 Å². The molecule has 186 valence electrons. The van der Waals surface area contributed by atoms with E-state index in [1.807, 2.05) is 4.57 Å². The molecule has 0 bridgehead atoms. The predicted octanol–water partition coefficient (Wildman–Crippen LogP) is 3.67. The molecular formula is C27H32FN3O3S. The van der Waals surface area contributed by atoms with E-state index in [1.54, 1.807) is 12.1 Å². The van der Waals surface area contributed by atoms with E-state index in [4.69, 9.17) is 4.74 Å². The topological polar surface area (TPSA) is 54.8 Å². The molecule has 5 rings (SSSR count). The largest absolute Gasteiger partial charge is 0.379 e. The summed E-state index contributed by atoms with van der Waals surface area (Å²) in [4.78, 5) is 30.3. The number of ketones is 1. The standard InChI is InChI=1S/C27H32FN3O3S/c28-23-4-2-21(3-5-23)26(32)22-8-11-29(12-9-22)13-14-31-24-6-1-20(19-25(24)35-27(31)33)7-10-30-15-17-34-18-16-30/h1-6,19,22H,7-18H2. The number of morpholine rings is 1. The zero-order valence-electron chi connectivity index (χ0n) is 20.0. The molecular weight excluding hydrogens is 465 g/mol. The van der Waals surface area contributed by atoms with E-state index in [9.17, 15) is 14.0 Å². The third-order valence-electron chi connectivity index (χ3n) is 7.28. The number of halogens is 1. The van der Waals surface area contributed by atoms with Gasteiger partial charge in [-0.15, -0.1) is 0 Å². The zero-order chi connectivity index (χ0) is 24.2. The number of Topliss-reactive ketones (excluding diaryl/α,β-unsaturated/α-hetero) is 1. The number of thiazole rings is 1. The number of rotatable bonds is 8. The Kier molecular flexibility index (Phi) is 7.72. The van der Waals surface area contributed by atoms with Gasteiger partial charge in [0.1, 0.15) is 5.82 Å². The van der Waals surface area contributed by atoms with Crippen LogP contribution in [0.1, 0.15) is 28.8 Å². The van der Waals surface area contributed by atoms with Crippen molar-refractivity contribution >= 4 is 27.3 Å². The molecule has 0 amide bonds. The number of fused-ring (bicyclic) bond motifs is 1. The maximum Gasteiger partial charge on any atom is 0.308 e. The Morgan fingerprint density at radius 2 is 1.66 bits per heavy atom. The molecule has 0 radical (unpaired) electrons. The van der Waals surface area contributed by atoms with Crippen LogP contribution in [-0.4, -0.2) is 72.6 Å². The van der Waals surface area contributed by atoms with Gasteiger partial charge >= 0.3 is 4.87 Å². The molecule has 3 heterocycles. The summed E-state index contributed by atoms with van der Waals surface area (Å²) < 4.78 is 21.5. The van der Waals surface area contributed by atoms with E-state index >= 15 is 0 Å². The van der Waals surface area contributed by atoms with Crippen molar-refractivity contribution < 1.29 is 13.9 Å². The van der Waals surface area contributed by atoms with Gasteiger partial charge in [0.05, 0.1) is 23.4 Å². The number of likely N-dealkylation sites (tertiary alicyclic amines) is 1. The molecule has 2 fully saturated rings. The first kappa shape index (κ1) is 24.3. The quantitative estimate of drug-likeness (QED) is 0.445. The van der Waals surface area contributed by atoms with Crippen LogP contribution in [0.2, 0.25) is 0 Å². The van der Waals surface area contributed by atoms with Gasteiger partial charge < -0.3 is 9.64 Å². The molecule has 2 saturated heterocycles. The lowest BCUT2D eigenvalue weighted by molar-refractivity contribution is 0.0384. The first-order valence-corrected chi connectivity index (χ1v) is 13.3. The molecule has 0 atom stereocenters. The second-order valence-corrected chi connectivity index (χ2v) is 10.5. The zero-order valence-corrected chi connectivity index (χ0v) is 20.8. The fourth-order valence-electron chi connectivity index (χ4n) is 5.10. The molecule has 0 N–H and O–H groups in total. The Morgan fingerprint density at radius 1 is 0.943 bits per heavy atom. The molecule has 0 aliphatic carbocycles. The number of carbonyl (C=O) groups is 1. The first-order valence-electron chi connectivity index (χ1n) is 12.5. The highest BCUT2D eigenvalue weighted by molar-refractivity contribution is 7.16. The van der Waals surface area contributed by atoms with E-state index in [0.717, 1.165) is 82.0 Å². The highest BCUT2D eigenvalue weighted by Crippen LogP contribution is 2.23. The van der Waals surface area contributed by atoms with E-state index < -0.39 is 0 Å². The summed E-state index contributed by atoms with van der Waals surface area (Å²) in [6.45, 7) is 7.74. The molecule has 2 aliphatic heterocycles. The number of nitrogens with zero attached hydrogens (tertiary/aromatic N) is 3. The number of hydrogen-bond donors (Lipinski definition) is 0. The Morgan fingerprint density at radius 3 is 2.40 bits per heavy atom. The molecule has 2 aromatic carbocycles. The third-order valence-corrected chi connectivity index (χ3v) is 8.22. The molecule has 6 nitrogen and oxygen atoms in total. The van der Waals surface area contributed by atoms with Gasteiger partial charge in [-0.3, -0.25) is 19.1 Å². The molecule has 1 aromatic heterocycles. The summed E-state index contributed by atoms with van der Waals surface area (Å²) in [5, 5.41) is 0. The summed E-state index contributed by atoms with van der Waals surface area (Å²) in [5.41, 5.74) is 2.87. The monoisotopic (exact) mass is 497 g/mol. The number of hydrogen-bond acceptors (Lipinski definition) is 6. The van der Waals surface area contributed by atoms with Gasteiger partial charge in [0.2, 0.25) is 0 Å². The van der Waals surface area contributed by atoms with Gasteiger partial charge in [0.15, 0.2) is 5.78 Å². The highest BCUT2D eigenvalue weighted by Gasteiger charge is 2.26. The van der Waals surface area contributed by atoms with Gasteiger partial charge in [0.25, 0.3) is 0 Å². The minimum atomic E-state index is -0.322. The van der Waals surface area contributed by atoms with Crippen LogP contribution in [0.3, 0.4) is 0 Å². The molecule has 3 aromatic rings. The van der Waals surface area contributed by atoms with Crippen molar-refractivity contribution in [2.24, 2.45) is 5.92 Å². The predicted molar refractivity (Wildman–Crippen MR) is 137 cm³/mol. The molecule has 0 saturated carbocycles. The Labute approximate surface area is 208 Å². The number of aromatic nitrogens is 1. The molecule has 2 aliphatic rings. The lowest BCUT2D eigenvalue weighted by atomic mass is 9.89. The van der Waals surface area contributed by atoms with E-state index in [-0.39, 0.29) is 22.4 Å². The highest BCUT2D eigenvalue weighted by atomic mass is 32.1. The summed E-state index contributed by atoms with van der Waals surface area (Å²) in [7, 11) is 0. The number of carbonyl (C=O) groups excluding carboxylic acids is 1. The minimum Gasteiger partial charge on any atom is -0.379 e. The van der Waals surface area contributed by atoms with Crippen LogP contribution in [0.25, 0.3) is 10.2 Å². The maximum absolute atomic E-state index is 13.1. The fraction of sp³-hybridized carbons (Fsp3) is 0.481. The van der Waals surface area contributed by atoms with Gasteiger partial charge in [-0.05, 0) is 74.3 Å². The van der Waals surface area contributed by atoms with Crippen molar-refractivity contribution in [2.45, 2.75) is 25.8 Å². The van der Waals surface area contributed by atoms with Crippen molar-refractivity contribution in [1.82, 2.24) is 14.4 Å². The van der Waals surface area contributed by atoms with Crippen LogP contribution in [-0.2, 0) is 17.7 Å². The normalized spacial score (nSPS) is 18.3. The lowest BCUT2D eigenvalue weighted by Crippen LogP contribution is -2.38. The van der Waals surface area contributed by atoms with Crippen molar-refractivity contribution in [3.05, 3.63) is 69.1 Å². The smallest absolute Gasteiger partial charge is 0.308 e. The van der Waals surface area contributed by atoms with Crippen molar-refractivity contribution in [1.29, 1.82) is 0 Å². The molecule has 35 heavy (non-hydrogen) atoms. The summed E-state index contributed by atoms with van der Waals surface area (Å²) in [6, 6.07) is 12.3. The van der Waals surface area contributed by atoms with Crippen LogP contribution < -0.4 is 4.87 Å². The van der Waals surface area contributed by atoms with Gasteiger partial charge in [-0.2, -0.15) is 0 Å². The van der Waals surface area contributed by atoms with Crippen molar-refractivity contribution in [3.63, 3.8) is 0 Å². The van der Waals surface area contributed by atoms with Gasteiger partial charge in [-0.25, -0.2) is 4.39 Å². The average molecular weight is 498 g/mol. The summed E-state index contributed by atoms with van der Waals surface area (Å²) in [5.74, 6) is -0.233. The minimum absolute atomic E-state index is 0.0164. The van der Waals surface area contributed by atoms with Gasteiger partial charge in [0, 0.05) is 44.2 Å². The number of piperidine rings is 1. The van der Waals surface area contributed by atoms with Gasteiger partial charge in [-0.1, -0.05) is 17.4 Å². The van der Waals surface area contributed by atoms with E-state index in [1.165, 1.54) is 29.0 Å². The second-order valence-electron chi connectivity index (χ2n) is 9.51. The Hall–Kier alpha value is -2.39. The number of benzene rings is 2. The number of ether oxygens (including phenoxy) is 1. The SMILES string of the molecule is O=C(c1ccc(F)cc1)C1CCN(CCn2c(=O)sc3cc(CCN4CCOCC4)ccc32)CC1. The van der Waals surface area contributed by atoms with Crippen LogP contribution in [0.4, 0.5) is 4.39 Å². The van der Waals surface area contributed by atoms with Crippen molar-refractivity contribution in [2.75, 3.05) is 52.5 Å². The van der Waals surface area contributed by atoms with Crippen molar-refractivity contribution in [3.8, 4) is 0 Å². The molecule has 8 heteroatoms. The Balaban J connectivity index is 1.14. The summed E-state index contributed by atoms with van der Waals surface area (Å²) in [6.07, 6.45) is 2.57. The van der Waals surface area contributed by atoms with Crippen LogP contribution in [0, 0.1) is 11.7 Å². The summed E-state index contributed by atoms with van der Waals surface area (Å²) >= 11 is 1.33. The molecule has 0 spiro atoms. The van der Waals surface area contributed by atoms with Crippen LogP contribution in [0.5, 0.6) is 0 Å². The average Bonchev–Trinajstić information content (AvgIpc) is 3.21. The molecule has 0 unspecified atom stereocenters. The maximum atomic E-state index is 13.1. The third kappa shape index (κ3) is 5.89. The Bertz CT molecular complexity index is 1210. The van der Waals surface area contributed by atoms with E-state index in [2.05, 4.69) is 28.0 Å². The first-order chi connectivity index (χ1) is 17.1. The van der Waals surface area contributed by atoms with Crippen LogP contribution in [0.15, 0.2) is 47.3 Å². The fourth-order valence-corrected chi connectivity index (χ4v) is 6.08. The lowest BCUT2D eigenvalue weighted by Gasteiger charge is -2.31.